The summed E-state index contributed by atoms with van der Waals surface area (Å²) in [6.07, 6.45) is 2.47. The summed E-state index contributed by atoms with van der Waals surface area (Å²) in [5.74, 6) is 0.714. The number of carbonyl (C=O) groups excluding carboxylic acids is 1. The average Bonchev–Trinajstić information content (AvgIpc) is 3.08. The van der Waals surface area contributed by atoms with Crippen molar-refractivity contribution in [3.05, 3.63) is 28.2 Å². The van der Waals surface area contributed by atoms with Gasteiger partial charge in [0, 0.05) is 28.8 Å². The molecular weight excluding hydrogens is 280 g/mol. The Kier molecular flexibility index (Phi) is 3.43. The second-order valence-electron chi connectivity index (χ2n) is 4.77. The van der Waals surface area contributed by atoms with Crippen LogP contribution in [0.5, 0.6) is 0 Å². The molecule has 1 saturated carbocycles. The number of nitrogens with zero attached hydrogens (tertiary/aromatic N) is 1. The summed E-state index contributed by atoms with van der Waals surface area (Å²) < 4.78 is 0.841. The number of carbonyl (C=O) groups is 1. The lowest BCUT2D eigenvalue weighted by Gasteiger charge is -2.25. The van der Waals surface area contributed by atoms with Gasteiger partial charge in [-0.2, -0.15) is 0 Å². The van der Waals surface area contributed by atoms with Crippen LogP contribution in [0, 0.1) is 5.92 Å². The van der Waals surface area contributed by atoms with Gasteiger partial charge in [-0.1, -0.05) is 15.9 Å². The highest BCUT2D eigenvalue weighted by atomic mass is 79.9. The van der Waals surface area contributed by atoms with E-state index in [4.69, 9.17) is 5.73 Å². The molecule has 4 heteroatoms. The summed E-state index contributed by atoms with van der Waals surface area (Å²) in [5.41, 5.74) is 7.00. The molecule has 1 aromatic rings. The predicted octanol–water partition coefficient (Wildman–Crippen LogP) is 2.90. The largest absolute Gasteiger partial charge is 0.399 e. The second kappa shape index (κ2) is 4.69. The molecule has 1 aliphatic rings. The van der Waals surface area contributed by atoms with Gasteiger partial charge in [0.1, 0.15) is 0 Å². The van der Waals surface area contributed by atoms with Gasteiger partial charge in [-0.05, 0) is 43.9 Å². The molecule has 17 heavy (non-hydrogen) atoms. The molecule has 1 amide bonds. The van der Waals surface area contributed by atoms with Crippen LogP contribution in [0.4, 0.5) is 5.69 Å². The van der Waals surface area contributed by atoms with E-state index >= 15 is 0 Å². The van der Waals surface area contributed by atoms with Crippen molar-refractivity contribution in [3.63, 3.8) is 0 Å². The van der Waals surface area contributed by atoms with Crippen LogP contribution in [0.2, 0.25) is 0 Å². The van der Waals surface area contributed by atoms with Crippen molar-refractivity contribution in [1.82, 2.24) is 4.90 Å². The van der Waals surface area contributed by atoms with E-state index in [1.54, 1.807) is 12.1 Å². The number of benzene rings is 1. The first kappa shape index (κ1) is 12.4. The molecule has 0 aliphatic heterocycles. The normalized spacial score (nSPS) is 16.6. The number of hydrogen-bond donors (Lipinski definition) is 1. The molecule has 1 fully saturated rings. The molecule has 0 aromatic heterocycles. The molecule has 1 aliphatic carbocycles. The van der Waals surface area contributed by atoms with Crippen molar-refractivity contribution < 1.29 is 4.79 Å². The van der Waals surface area contributed by atoms with Crippen molar-refractivity contribution >= 4 is 27.5 Å². The Hall–Kier alpha value is -1.03. The maximum atomic E-state index is 12.3. The summed E-state index contributed by atoms with van der Waals surface area (Å²) in [5, 5.41) is 0. The van der Waals surface area contributed by atoms with Gasteiger partial charge in [0.15, 0.2) is 0 Å². The van der Waals surface area contributed by atoms with Gasteiger partial charge in [-0.3, -0.25) is 4.79 Å². The van der Waals surface area contributed by atoms with Gasteiger partial charge in [0.2, 0.25) is 0 Å². The smallest absolute Gasteiger partial charge is 0.253 e. The quantitative estimate of drug-likeness (QED) is 0.872. The minimum Gasteiger partial charge on any atom is -0.399 e. The third kappa shape index (κ3) is 2.80. The fourth-order valence-corrected chi connectivity index (χ4v) is 2.53. The zero-order chi connectivity index (χ0) is 12.6. The van der Waals surface area contributed by atoms with E-state index in [2.05, 4.69) is 22.9 Å². The maximum absolute atomic E-state index is 12.3. The summed E-state index contributed by atoms with van der Waals surface area (Å²) in [4.78, 5) is 14.1. The lowest BCUT2D eigenvalue weighted by atomic mass is 10.1. The van der Waals surface area contributed by atoms with Crippen molar-refractivity contribution in [2.75, 3.05) is 12.8 Å². The number of anilines is 1. The van der Waals surface area contributed by atoms with Crippen LogP contribution in [-0.4, -0.2) is 23.9 Å². The lowest BCUT2D eigenvalue weighted by Crippen LogP contribution is -2.36. The first-order chi connectivity index (χ1) is 7.99. The Morgan fingerprint density at radius 2 is 2.12 bits per heavy atom. The molecule has 2 N–H and O–H groups in total. The molecule has 3 nitrogen and oxygen atoms in total. The predicted molar refractivity (Wildman–Crippen MR) is 72.8 cm³/mol. The van der Waals surface area contributed by atoms with E-state index in [-0.39, 0.29) is 5.91 Å². The Morgan fingerprint density at radius 3 is 2.65 bits per heavy atom. The molecule has 0 spiro atoms. The average molecular weight is 297 g/mol. The molecular formula is C13H17BrN2O. The fraction of sp³-hybridized carbons (Fsp3) is 0.462. The third-order valence-corrected chi connectivity index (χ3v) is 3.86. The summed E-state index contributed by atoms with van der Waals surface area (Å²) in [6, 6.07) is 5.64. The van der Waals surface area contributed by atoms with Crippen molar-refractivity contribution in [2.24, 2.45) is 5.92 Å². The molecule has 1 aromatic carbocycles. The summed E-state index contributed by atoms with van der Waals surface area (Å²) in [6.45, 7) is 2.11. The number of nitrogen functional groups attached to an aromatic ring is 1. The van der Waals surface area contributed by atoms with E-state index in [1.165, 1.54) is 12.8 Å². The van der Waals surface area contributed by atoms with E-state index in [0.717, 1.165) is 4.47 Å². The molecule has 0 saturated heterocycles. The van der Waals surface area contributed by atoms with Crippen LogP contribution in [0.15, 0.2) is 22.7 Å². The van der Waals surface area contributed by atoms with Crippen LogP contribution in [0.25, 0.3) is 0 Å². The first-order valence-corrected chi connectivity index (χ1v) is 6.61. The SMILES string of the molecule is CC(C1CC1)N(C)C(=O)c1cc(N)cc(Br)c1. The van der Waals surface area contributed by atoms with Crippen molar-refractivity contribution in [3.8, 4) is 0 Å². The van der Waals surface area contributed by atoms with Crippen LogP contribution in [0.3, 0.4) is 0 Å². The maximum Gasteiger partial charge on any atom is 0.253 e. The monoisotopic (exact) mass is 296 g/mol. The molecule has 1 atom stereocenters. The van der Waals surface area contributed by atoms with Gasteiger partial charge in [0.05, 0.1) is 0 Å². The Balaban J connectivity index is 2.17. The van der Waals surface area contributed by atoms with E-state index < -0.39 is 0 Å². The zero-order valence-electron chi connectivity index (χ0n) is 10.1. The molecule has 0 heterocycles. The van der Waals surface area contributed by atoms with Crippen LogP contribution in [-0.2, 0) is 0 Å². The van der Waals surface area contributed by atoms with Crippen molar-refractivity contribution in [1.29, 1.82) is 0 Å². The van der Waals surface area contributed by atoms with Gasteiger partial charge in [0.25, 0.3) is 5.91 Å². The summed E-state index contributed by atoms with van der Waals surface area (Å²) in [7, 11) is 1.86. The van der Waals surface area contributed by atoms with Gasteiger partial charge in [-0.25, -0.2) is 0 Å². The van der Waals surface area contributed by atoms with E-state index in [0.29, 0.717) is 23.2 Å². The highest BCUT2D eigenvalue weighted by Crippen LogP contribution is 2.35. The Bertz CT molecular complexity index is 423. The minimum atomic E-state index is 0.0393. The van der Waals surface area contributed by atoms with Gasteiger partial charge < -0.3 is 10.6 Å². The second-order valence-corrected chi connectivity index (χ2v) is 5.68. The standard InChI is InChI=1S/C13H17BrN2O/c1-8(9-3-4-9)16(2)13(17)10-5-11(14)7-12(15)6-10/h5-9H,3-4,15H2,1-2H3. The number of amides is 1. The van der Waals surface area contributed by atoms with Crippen LogP contribution in [0.1, 0.15) is 30.1 Å². The zero-order valence-corrected chi connectivity index (χ0v) is 11.7. The number of nitrogens with two attached hydrogens (primary N) is 1. The third-order valence-electron chi connectivity index (χ3n) is 3.40. The topological polar surface area (TPSA) is 46.3 Å². The van der Waals surface area contributed by atoms with E-state index in [9.17, 15) is 4.79 Å². The van der Waals surface area contributed by atoms with Crippen LogP contribution < -0.4 is 5.73 Å². The van der Waals surface area contributed by atoms with Gasteiger partial charge in [-0.15, -0.1) is 0 Å². The van der Waals surface area contributed by atoms with Gasteiger partial charge >= 0.3 is 0 Å². The lowest BCUT2D eigenvalue weighted by molar-refractivity contribution is 0.0727. The first-order valence-electron chi connectivity index (χ1n) is 5.82. The molecule has 0 radical (unpaired) electrons. The number of halogens is 1. The fourth-order valence-electron chi connectivity index (χ4n) is 2.02. The highest BCUT2D eigenvalue weighted by molar-refractivity contribution is 9.10. The Morgan fingerprint density at radius 1 is 1.47 bits per heavy atom. The molecule has 2 rings (SSSR count). The highest BCUT2D eigenvalue weighted by Gasteiger charge is 2.32. The number of hydrogen-bond acceptors (Lipinski definition) is 2. The Labute approximate surface area is 110 Å². The minimum absolute atomic E-state index is 0.0393. The number of rotatable bonds is 3. The molecule has 1 unspecified atom stereocenters. The van der Waals surface area contributed by atoms with Crippen LogP contribution >= 0.6 is 15.9 Å². The van der Waals surface area contributed by atoms with E-state index in [1.807, 2.05) is 18.0 Å². The molecule has 0 bridgehead atoms. The molecule has 92 valence electrons. The summed E-state index contributed by atoms with van der Waals surface area (Å²) >= 11 is 3.36. The van der Waals surface area contributed by atoms with Crippen molar-refractivity contribution in [2.45, 2.75) is 25.8 Å².